The van der Waals surface area contributed by atoms with Gasteiger partial charge in [-0.25, -0.2) is 19.0 Å². The highest BCUT2D eigenvalue weighted by Gasteiger charge is 2.34. The Morgan fingerprint density at radius 3 is 2.87 bits per heavy atom. The molecule has 0 saturated carbocycles. The molecule has 1 aliphatic heterocycles. The minimum absolute atomic E-state index is 0.0634. The average molecular weight is 410 g/mol. The van der Waals surface area contributed by atoms with E-state index in [-0.39, 0.29) is 24.2 Å². The Labute approximate surface area is 173 Å². The summed E-state index contributed by atoms with van der Waals surface area (Å²) < 4.78 is 18.6. The number of anilines is 1. The van der Waals surface area contributed by atoms with Gasteiger partial charge >= 0.3 is 0 Å². The van der Waals surface area contributed by atoms with Crippen molar-refractivity contribution in [2.24, 2.45) is 0 Å². The molecule has 1 aliphatic rings. The van der Waals surface area contributed by atoms with Crippen LogP contribution in [0.4, 0.5) is 10.3 Å². The second-order valence-corrected chi connectivity index (χ2v) is 7.59. The third-order valence-electron chi connectivity index (χ3n) is 5.30. The van der Waals surface area contributed by atoms with Crippen LogP contribution in [0.5, 0.6) is 0 Å². The monoisotopic (exact) mass is 410 g/mol. The third-order valence-corrected chi connectivity index (χ3v) is 5.30. The fourth-order valence-electron chi connectivity index (χ4n) is 3.74. The van der Waals surface area contributed by atoms with Crippen molar-refractivity contribution in [3.8, 4) is 11.1 Å². The number of benzene rings is 1. The predicted molar refractivity (Wildman–Crippen MR) is 108 cm³/mol. The molecule has 0 unspecified atom stereocenters. The van der Waals surface area contributed by atoms with Crippen LogP contribution in [-0.2, 0) is 11.2 Å². The number of aromatic nitrogens is 4. The number of carbonyl (C=O) groups is 1. The molecule has 1 saturated heterocycles. The van der Waals surface area contributed by atoms with Crippen LogP contribution >= 0.6 is 0 Å². The van der Waals surface area contributed by atoms with Gasteiger partial charge in [0.05, 0.1) is 18.2 Å². The van der Waals surface area contributed by atoms with Gasteiger partial charge in [0.2, 0.25) is 11.9 Å². The van der Waals surface area contributed by atoms with Crippen LogP contribution in [0.15, 0.2) is 35.1 Å². The van der Waals surface area contributed by atoms with Crippen molar-refractivity contribution in [3.05, 3.63) is 53.4 Å². The van der Waals surface area contributed by atoms with Gasteiger partial charge < -0.3 is 9.80 Å². The number of amides is 1. The summed E-state index contributed by atoms with van der Waals surface area (Å²) in [5.41, 5.74) is 3.28. The van der Waals surface area contributed by atoms with Gasteiger partial charge in [0.1, 0.15) is 17.2 Å². The SMILES string of the molecule is Cc1nonc1CC(=O)N1CCC[C@H]1c1nc(N(C)C)ncc1-c1cccc(F)c1. The van der Waals surface area contributed by atoms with Crippen molar-refractivity contribution in [2.45, 2.75) is 32.2 Å². The van der Waals surface area contributed by atoms with Crippen LogP contribution in [0, 0.1) is 12.7 Å². The second-order valence-electron chi connectivity index (χ2n) is 7.59. The van der Waals surface area contributed by atoms with E-state index in [9.17, 15) is 9.18 Å². The first-order valence-electron chi connectivity index (χ1n) is 9.81. The van der Waals surface area contributed by atoms with Gasteiger partial charge in [0.25, 0.3) is 0 Å². The van der Waals surface area contributed by atoms with Crippen LogP contribution in [0.3, 0.4) is 0 Å². The Hall–Kier alpha value is -3.36. The van der Waals surface area contributed by atoms with Crippen molar-refractivity contribution in [3.63, 3.8) is 0 Å². The molecule has 0 radical (unpaired) electrons. The van der Waals surface area contributed by atoms with Gasteiger partial charge in [-0.2, -0.15) is 0 Å². The number of hydrogen-bond acceptors (Lipinski definition) is 7. The van der Waals surface area contributed by atoms with Crippen LogP contribution in [-0.4, -0.2) is 51.7 Å². The average Bonchev–Trinajstić information content (AvgIpc) is 3.37. The van der Waals surface area contributed by atoms with E-state index in [0.717, 1.165) is 24.1 Å². The molecule has 0 aliphatic carbocycles. The molecular formula is C21H23FN6O2. The van der Waals surface area contributed by atoms with Crippen molar-refractivity contribution in [2.75, 3.05) is 25.5 Å². The third kappa shape index (κ3) is 3.87. The quantitative estimate of drug-likeness (QED) is 0.639. The lowest BCUT2D eigenvalue weighted by molar-refractivity contribution is -0.131. The topological polar surface area (TPSA) is 88.2 Å². The van der Waals surface area contributed by atoms with Gasteiger partial charge in [-0.15, -0.1) is 0 Å². The Balaban J connectivity index is 1.72. The Kier molecular flexibility index (Phi) is 5.43. The molecule has 3 heterocycles. The molecule has 8 nitrogen and oxygen atoms in total. The summed E-state index contributed by atoms with van der Waals surface area (Å²) in [7, 11) is 3.72. The van der Waals surface area contributed by atoms with E-state index in [1.54, 1.807) is 19.2 Å². The van der Waals surface area contributed by atoms with Crippen LogP contribution in [0.1, 0.15) is 36.0 Å². The number of halogens is 1. The minimum Gasteiger partial charge on any atom is -0.347 e. The van der Waals surface area contributed by atoms with Gasteiger partial charge in [-0.3, -0.25) is 4.79 Å². The Morgan fingerprint density at radius 2 is 2.17 bits per heavy atom. The van der Waals surface area contributed by atoms with Crippen molar-refractivity contribution >= 4 is 11.9 Å². The molecule has 30 heavy (non-hydrogen) atoms. The Morgan fingerprint density at radius 1 is 1.33 bits per heavy atom. The van der Waals surface area contributed by atoms with E-state index in [2.05, 4.69) is 15.3 Å². The zero-order valence-electron chi connectivity index (χ0n) is 17.2. The fraction of sp³-hybridized carbons (Fsp3) is 0.381. The molecule has 156 valence electrons. The summed E-state index contributed by atoms with van der Waals surface area (Å²) in [6, 6.07) is 6.12. The summed E-state index contributed by atoms with van der Waals surface area (Å²) >= 11 is 0. The van der Waals surface area contributed by atoms with Gasteiger partial charge in [0.15, 0.2) is 0 Å². The van der Waals surface area contributed by atoms with Crippen molar-refractivity contribution in [1.29, 1.82) is 0 Å². The molecule has 0 bridgehead atoms. The maximum Gasteiger partial charge on any atom is 0.229 e. The lowest BCUT2D eigenvalue weighted by Gasteiger charge is -2.26. The molecule has 2 aromatic heterocycles. The minimum atomic E-state index is -0.330. The highest BCUT2D eigenvalue weighted by Crippen LogP contribution is 2.37. The molecule has 4 rings (SSSR count). The molecule has 1 atom stereocenters. The van der Waals surface area contributed by atoms with E-state index >= 15 is 0 Å². The maximum atomic E-state index is 13.9. The molecule has 3 aromatic rings. The van der Waals surface area contributed by atoms with E-state index in [4.69, 9.17) is 9.61 Å². The lowest BCUT2D eigenvalue weighted by Crippen LogP contribution is -2.33. The molecule has 9 heteroatoms. The summed E-state index contributed by atoms with van der Waals surface area (Å²) in [6.07, 6.45) is 3.45. The molecule has 0 spiro atoms. The lowest BCUT2D eigenvalue weighted by atomic mass is 9.99. The van der Waals surface area contributed by atoms with E-state index in [0.29, 0.717) is 29.4 Å². The molecule has 1 amide bonds. The fourth-order valence-corrected chi connectivity index (χ4v) is 3.74. The van der Waals surface area contributed by atoms with E-state index in [1.165, 1.54) is 12.1 Å². The van der Waals surface area contributed by atoms with Gasteiger partial charge in [-0.05, 0) is 37.5 Å². The molecule has 1 aromatic carbocycles. The second kappa shape index (κ2) is 8.17. The number of rotatable bonds is 5. The van der Waals surface area contributed by atoms with E-state index in [1.807, 2.05) is 30.0 Å². The first kappa shape index (κ1) is 19.9. The Bertz CT molecular complexity index is 1070. The summed E-state index contributed by atoms with van der Waals surface area (Å²) in [5.74, 6) is 0.149. The van der Waals surface area contributed by atoms with E-state index < -0.39 is 0 Å². The predicted octanol–water partition coefficient (Wildman–Crippen LogP) is 2.95. The first-order valence-corrected chi connectivity index (χ1v) is 9.81. The molecule has 1 fully saturated rings. The van der Waals surface area contributed by atoms with Gasteiger partial charge in [0, 0.05) is 32.4 Å². The highest BCUT2D eigenvalue weighted by molar-refractivity contribution is 5.80. The van der Waals surface area contributed by atoms with Crippen LogP contribution in [0.25, 0.3) is 11.1 Å². The number of hydrogen-bond donors (Lipinski definition) is 0. The van der Waals surface area contributed by atoms with Crippen molar-refractivity contribution in [1.82, 2.24) is 25.2 Å². The number of aryl methyl sites for hydroxylation is 1. The normalized spacial score (nSPS) is 16.1. The maximum absolute atomic E-state index is 13.9. The zero-order valence-corrected chi connectivity index (χ0v) is 17.2. The standard InChI is InChI=1S/C21H23FN6O2/c1-13-17(26-30-25-13)11-19(29)28-9-5-8-18(28)20-16(12-23-21(24-20)27(2)3)14-6-4-7-15(22)10-14/h4,6-7,10,12,18H,5,8-9,11H2,1-3H3/t18-/m0/s1. The largest absolute Gasteiger partial charge is 0.347 e. The summed E-state index contributed by atoms with van der Waals surface area (Å²) in [4.78, 5) is 25.9. The number of carbonyl (C=O) groups excluding carboxylic acids is 1. The van der Waals surface area contributed by atoms with Crippen LogP contribution < -0.4 is 4.90 Å². The van der Waals surface area contributed by atoms with Crippen LogP contribution in [0.2, 0.25) is 0 Å². The first-order chi connectivity index (χ1) is 14.4. The summed E-state index contributed by atoms with van der Waals surface area (Å²) in [6.45, 7) is 2.38. The molecule has 0 N–H and O–H groups in total. The zero-order chi connectivity index (χ0) is 21.3. The highest BCUT2D eigenvalue weighted by atomic mass is 19.1. The number of likely N-dealkylation sites (tertiary alicyclic amines) is 1. The number of nitrogens with zero attached hydrogens (tertiary/aromatic N) is 6. The van der Waals surface area contributed by atoms with Gasteiger partial charge in [-0.1, -0.05) is 22.4 Å². The van der Waals surface area contributed by atoms with Crippen molar-refractivity contribution < 1.29 is 13.8 Å². The summed E-state index contributed by atoms with van der Waals surface area (Å²) in [5, 5.41) is 7.58. The molecular weight excluding hydrogens is 387 g/mol. The smallest absolute Gasteiger partial charge is 0.229 e.